The van der Waals surface area contributed by atoms with Crippen molar-refractivity contribution in [3.8, 4) is 0 Å². The van der Waals surface area contributed by atoms with Gasteiger partial charge in [-0.25, -0.2) is 0 Å². The predicted molar refractivity (Wildman–Crippen MR) is 61.0 cm³/mol. The summed E-state index contributed by atoms with van der Waals surface area (Å²) in [6.45, 7) is -0.403. The molecule has 17 heavy (non-hydrogen) atoms. The van der Waals surface area contributed by atoms with Gasteiger partial charge in [0.15, 0.2) is 0 Å². The maximum Gasteiger partial charge on any atom is 0.323 e. The van der Waals surface area contributed by atoms with Crippen molar-refractivity contribution >= 4 is 5.97 Å². The molecule has 0 aliphatic heterocycles. The minimum Gasteiger partial charge on any atom is -0.468 e. The maximum absolute atomic E-state index is 11.3. The Balaban J connectivity index is 2.95. The van der Waals surface area contributed by atoms with E-state index in [9.17, 15) is 14.9 Å². The molecule has 0 heterocycles. The minimum atomic E-state index is -1.03. The molecule has 0 aliphatic rings. The first-order chi connectivity index (χ1) is 8.06. The van der Waals surface area contributed by atoms with Gasteiger partial charge in [0.1, 0.15) is 6.04 Å². The smallest absolute Gasteiger partial charge is 0.323 e. The van der Waals surface area contributed by atoms with E-state index in [-0.39, 0.29) is 0 Å². The summed E-state index contributed by atoms with van der Waals surface area (Å²) in [4.78, 5) is 21.4. The van der Waals surface area contributed by atoms with Gasteiger partial charge in [0, 0.05) is 4.92 Å². The van der Waals surface area contributed by atoms with Crippen LogP contribution in [0.3, 0.4) is 0 Å². The Hall–Kier alpha value is -1.95. The first kappa shape index (κ1) is 13.1. The Labute approximate surface area is 98.5 Å². The Morgan fingerprint density at radius 3 is 2.53 bits per heavy atom. The highest BCUT2D eigenvalue weighted by molar-refractivity contribution is 5.76. The van der Waals surface area contributed by atoms with Gasteiger partial charge in [-0.15, -0.1) is 0 Å². The maximum atomic E-state index is 11.3. The van der Waals surface area contributed by atoms with Crippen LogP contribution in [0.15, 0.2) is 30.3 Å². The van der Waals surface area contributed by atoms with Gasteiger partial charge >= 0.3 is 5.97 Å². The molecular weight excluding hydrogens is 224 g/mol. The van der Waals surface area contributed by atoms with Gasteiger partial charge in [0.2, 0.25) is 6.54 Å². The molecule has 1 aromatic rings. The average molecular weight is 238 g/mol. The van der Waals surface area contributed by atoms with E-state index in [4.69, 9.17) is 5.73 Å². The zero-order valence-electron chi connectivity index (χ0n) is 9.41. The number of nitro groups is 1. The Bertz CT molecular complexity index is 394. The lowest BCUT2D eigenvalue weighted by Gasteiger charge is -2.18. The molecule has 0 fully saturated rings. The monoisotopic (exact) mass is 238 g/mol. The summed E-state index contributed by atoms with van der Waals surface area (Å²) in [6, 6.07) is 7.65. The van der Waals surface area contributed by atoms with Crippen molar-refractivity contribution < 1.29 is 14.5 Å². The largest absolute Gasteiger partial charge is 0.468 e. The van der Waals surface area contributed by atoms with E-state index in [0.29, 0.717) is 5.56 Å². The van der Waals surface area contributed by atoms with Crippen molar-refractivity contribution in [1.29, 1.82) is 0 Å². The molecule has 2 N–H and O–H groups in total. The number of rotatable bonds is 5. The summed E-state index contributed by atoms with van der Waals surface area (Å²) in [7, 11) is 1.20. The molecule has 0 spiro atoms. The summed E-state index contributed by atoms with van der Waals surface area (Å²) in [6.07, 6.45) is 0. The number of carbonyl (C=O) groups is 1. The summed E-state index contributed by atoms with van der Waals surface area (Å²) in [5, 5.41) is 10.6. The quantitative estimate of drug-likeness (QED) is 0.459. The van der Waals surface area contributed by atoms with Gasteiger partial charge in [-0.2, -0.15) is 0 Å². The van der Waals surface area contributed by atoms with Crippen molar-refractivity contribution in [2.24, 2.45) is 5.73 Å². The molecule has 1 rings (SSSR count). The van der Waals surface area contributed by atoms with Crippen molar-refractivity contribution in [1.82, 2.24) is 0 Å². The number of hydrogen-bond acceptors (Lipinski definition) is 5. The number of methoxy groups -OCH3 is 1. The van der Waals surface area contributed by atoms with Crippen LogP contribution >= 0.6 is 0 Å². The van der Waals surface area contributed by atoms with Crippen molar-refractivity contribution in [3.63, 3.8) is 0 Å². The summed E-state index contributed by atoms with van der Waals surface area (Å²) in [5.41, 5.74) is 6.33. The molecule has 0 saturated carbocycles. The highest BCUT2D eigenvalue weighted by Crippen LogP contribution is 2.19. The normalized spacial score (nSPS) is 13.8. The Kier molecular flexibility index (Phi) is 4.59. The van der Waals surface area contributed by atoms with Crippen molar-refractivity contribution in [2.45, 2.75) is 12.0 Å². The van der Waals surface area contributed by atoms with E-state index in [1.165, 1.54) is 7.11 Å². The Morgan fingerprint density at radius 1 is 1.47 bits per heavy atom. The minimum absolute atomic E-state index is 0.403. The van der Waals surface area contributed by atoms with E-state index < -0.39 is 29.4 Å². The van der Waals surface area contributed by atoms with Crippen LogP contribution in [-0.4, -0.2) is 30.6 Å². The van der Waals surface area contributed by atoms with E-state index in [1.54, 1.807) is 30.3 Å². The predicted octanol–water partition coefficient (Wildman–Crippen LogP) is 0.547. The third kappa shape index (κ3) is 3.53. The first-order valence-corrected chi connectivity index (χ1v) is 5.06. The van der Waals surface area contributed by atoms with Crippen LogP contribution in [0.25, 0.3) is 0 Å². The SMILES string of the molecule is COC(=O)[C@H](N)[C@@H](C[N+](=O)[O-])c1ccccc1. The first-order valence-electron chi connectivity index (χ1n) is 5.06. The molecule has 0 bridgehead atoms. The molecule has 2 atom stereocenters. The number of ether oxygens (including phenoxy) is 1. The lowest BCUT2D eigenvalue weighted by Crippen LogP contribution is -2.40. The molecule has 0 saturated heterocycles. The zero-order valence-corrected chi connectivity index (χ0v) is 9.41. The number of nitrogens with zero attached hydrogens (tertiary/aromatic N) is 1. The van der Waals surface area contributed by atoms with Crippen LogP contribution in [0, 0.1) is 10.1 Å². The lowest BCUT2D eigenvalue weighted by molar-refractivity contribution is -0.483. The van der Waals surface area contributed by atoms with E-state index in [2.05, 4.69) is 4.74 Å². The molecule has 0 amide bonds. The highest BCUT2D eigenvalue weighted by atomic mass is 16.6. The van der Waals surface area contributed by atoms with Gasteiger partial charge in [-0.3, -0.25) is 14.9 Å². The van der Waals surface area contributed by atoms with Gasteiger partial charge in [-0.05, 0) is 5.56 Å². The third-order valence-electron chi connectivity index (χ3n) is 2.48. The zero-order chi connectivity index (χ0) is 12.8. The van der Waals surface area contributed by atoms with Crippen LogP contribution < -0.4 is 5.73 Å². The molecule has 0 unspecified atom stereocenters. The second kappa shape index (κ2) is 5.95. The summed E-state index contributed by atoms with van der Waals surface area (Å²) in [5.74, 6) is -1.33. The van der Waals surface area contributed by atoms with Gasteiger partial charge in [0.25, 0.3) is 0 Å². The number of hydrogen-bond donors (Lipinski definition) is 1. The number of benzene rings is 1. The van der Waals surface area contributed by atoms with Crippen LogP contribution in [-0.2, 0) is 9.53 Å². The van der Waals surface area contributed by atoms with E-state index >= 15 is 0 Å². The van der Waals surface area contributed by atoms with Crippen LogP contribution in [0.4, 0.5) is 0 Å². The van der Waals surface area contributed by atoms with Gasteiger partial charge < -0.3 is 10.5 Å². The fraction of sp³-hybridized carbons (Fsp3) is 0.364. The molecule has 1 aromatic carbocycles. The fourth-order valence-electron chi connectivity index (χ4n) is 1.59. The summed E-state index contributed by atoms with van der Waals surface area (Å²) >= 11 is 0. The van der Waals surface area contributed by atoms with E-state index in [0.717, 1.165) is 0 Å². The van der Waals surface area contributed by atoms with Gasteiger partial charge in [0.05, 0.1) is 13.0 Å². The molecule has 6 nitrogen and oxygen atoms in total. The number of esters is 1. The molecule has 0 radical (unpaired) electrons. The van der Waals surface area contributed by atoms with Crippen LogP contribution in [0.2, 0.25) is 0 Å². The third-order valence-corrected chi connectivity index (χ3v) is 2.48. The van der Waals surface area contributed by atoms with Crippen LogP contribution in [0.1, 0.15) is 11.5 Å². The van der Waals surface area contributed by atoms with Gasteiger partial charge in [-0.1, -0.05) is 30.3 Å². The standard InChI is InChI=1S/C11H14N2O4/c1-17-11(14)10(12)9(7-13(15)16)8-5-3-2-4-6-8/h2-6,9-10H,7,12H2,1H3/t9-,10+/m0/s1. The molecule has 92 valence electrons. The molecular formula is C11H14N2O4. The van der Waals surface area contributed by atoms with Crippen LogP contribution in [0.5, 0.6) is 0 Å². The second-order valence-corrected chi connectivity index (χ2v) is 3.58. The average Bonchev–Trinajstić information content (AvgIpc) is 2.35. The number of carbonyl (C=O) groups excluding carboxylic acids is 1. The fourth-order valence-corrected chi connectivity index (χ4v) is 1.59. The number of nitrogens with two attached hydrogens (primary N) is 1. The lowest BCUT2D eigenvalue weighted by atomic mass is 9.92. The second-order valence-electron chi connectivity index (χ2n) is 3.58. The molecule has 0 aliphatic carbocycles. The molecule has 0 aromatic heterocycles. The van der Waals surface area contributed by atoms with Crippen molar-refractivity contribution in [3.05, 3.63) is 46.0 Å². The molecule has 6 heteroatoms. The van der Waals surface area contributed by atoms with Crippen molar-refractivity contribution in [2.75, 3.05) is 13.7 Å². The Morgan fingerprint density at radius 2 is 2.06 bits per heavy atom. The highest BCUT2D eigenvalue weighted by Gasteiger charge is 2.30. The summed E-state index contributed by atoms with van der Waals surface area (Å²) < 4.78 is 4.51. The topological polar surface area (TPSA) is 95.5 Å². The van der Waals surface area contributed by atoms with E-state index in [1.807, 2.05) is 0 Å².